The SMILES string of the molecule is Nc1nccc2c1ncn2C1C(Cl)=CC(O)C1O. The summed E-state index contributed by atoms with van der Waals surface area (Å²) in [6.07, 6.45) is 2.55. The average molecular weight is 267 g/mol. The van der Waals surface area contributed by atoms with E-state index in [1.807, 2.05) is 0 Å². The minimum Gasteiger partial charge on any atom is -0.388 e. The largest absolute Gasteiger partial charge is 0.388 e. The van der Waals surface area contributed by atoms with Gasteiger partial charge in [0.25, 0.3) is 0 Å². The van der Waals surface area contributed by atoms with Crippen molar-refractivity contribution in [3.8, 4) is 0 Å². The minimum atomic E-state index is -0.996. The molecule has 3 atom stereocenters. The summed E-state index contributed by atoms with van der Waals surface area (Å²) in [5.74, 6) is 0.319. The fraction of sp³-hybridized carbons (Fsp3) is 0.273. The molecule has 3 unspecified atom stereocenters. The Bertz CT molecular complexity index is 639. The Hall–Kier alpha value is -1.63. The molecule has 1 aliphatic rings. The molecule has 0 aromatic carbocycles. The predicted octanol–water partition coefficient (Wildman–Crippen LogP) is 0.413. The van der Waals surface area contributed by atoms with Gasteiger partial charge >= 0.3 is 0 Å². The lowest BCUT2D eigenvalue weighted by Crippen LogP contribution is -2.28. The van der Waals surface area contributed by atoms with Crippen LogP contribution in [0, 0.1) is 0 Å². The smallest absolute Gasteiger partial charge is 0.151 e. The van der Waals surface area contributed by atoms with Crippen LogP contribution >= 0.6 is 11.6 Å². The first-order valence-electron chi connectivity index (χ1n) is 5.40. The Kier molecular flexibility index (Phi) is 2.51. The molecule has 0 bridgehead atoms. The van der Waals surface area contributed by atoms with Crippen LogP contribution in [-0.4, -0.2) is 37.0 Å². The number of pyridine rings is 1. The number of rotatable bonds is 1. The molecule has 0 saturated heterocycles. The molecule has 2 aromatic rings. The van der Waals surface area contributed by atoms with Crippen LogP contribution in [0.4, 0.5) is 5.82 Å². The molecule has 0 radical (unpaired) electrons. The molecule has 0 amide bonds. The van der Waals surface area contributed by atoms with Gasteiger partial charge in [-0.25, -0.2) is 9.97 Å². The van der Waals surface area contributed by atoms with Crippen molar-refractivity contribution < 1.29 is 10.2 Å². The van der Waals surface area contributed by atoms with Crippen molar-refractivity contribution >= 4 is 28.5 Å². The van der Waals surface area contributed by atoms with E-state index >= 15 is 0 Å². The highest BCUT2D eigenvalue weighted by Gasteiger charge is 2.36. The molecule has 4 N–H and O–H groups in total. The molecule has 18 heavy (non-hydrogen) atoms. The number of hydrogen-bond donors (Lipinski definition) is 3. The summed E-state index contributed by atoms with van der Waals surface area (Å²) in [6, 6.07) is 1.19. The van der Waals surface area contributed by atoms with E-state index in [2.05, 4.69) is 9.97 Å². The van der Waals surface area contributed by atoms with Gasteiger partial charge < -0.3 is 20.5 Å². The maximum absolute atomic E-state index is 9.95. The van der Waals surface area contributed by atoms with Crippen LogP contribution in [-0.2, 0) is 0 Å². The van der Waals surface area contributed by atoms with E-state index < -0.39 is 18.2 Å². The van der Waals surface area contributed by atoms with E-state index in [1.54, 1.807) is 16.8 Å². The van der Waals surface area contributed by atoms with Gasteiger partial charge in [-0.1, -0.05) is 11.6 Å². The topological polar surface area (TPSA) is 97.2 Å². The van der Waals surface area contributed by atoms with Gasteiger partial charge in [-0.15, -0.1) is 0 Å². The summed E-state index contributed by atoms with van der Waals surface area (Å²) in [4.78, 5) is 8.10. The quantitative estimate of drug-likeness (QED) is 0.695. The van der Waals surface area contributed by atoms with Crippen molar-refractivity contribution in [2.45, 2.75) is 18.2 Å². The highest BCUT2D eigenvalue weighted by molar-refractivity contribution is 6.30. The van der Waals surface area contributed by atoms with E-state index in [0.717, 1.165) is 0 Å². The Morgan fingerprint density at radius 2 is 2.11 bits per heavy atom. The number of aromatic nitrogens is 3. The van der Waals surface area contributed by atoms with Gasteiger partial charge in [0, 0.05) is 11.2 Å². The third-order valence-electron chi connectivity index (χ3n) is 3.11. The summed E-state index contributed by atoms with van der Waals surface area (Å²) in [5.41, 5.74) is 6.98. The van der Waals surface area contributed by atoms with E-state index in [0.29, 0.717) is 21.9 Å². The average Bonchev–Trinajstić information content (AvgIpc) is 2.84. The number of aliphatic hydroxyl groups excluding tert-OH is 2. The number of fused-ring (bicyclic) bond motifs is 1. The first-order chi connectivity index (χ1) is 8.59. The molecular weight excluding hydrogens is 256 g/mol. The van der Waals surface area contributed by atoms with E-state index in [9.17, 15) is 10.2 Å². The van der Waals surface area contributed by atoms with Gasteiger partial charge in [-0.05, 0) is 12.1 Å². The maximum atomic E-state index is 9.95. The zero-order chi connectivity index (χ0) is 12.9. The number of aliphatic hydroxyl groups is 2. The lowest BCUT2D eigenvalue weighted by Gasteiger charge is -2.20. The van der Waals surface area contributed by atoms with Crippen molar-refractivity contribution in [2.24, 2.45) is 0 Å². The van der Waals surface area contributed by atoms with Crippen molar-refractivity contribution in [1.29, 1.82) is 0 Å². The maximum Gasteiger partial charge on any atom is 0.151 e. The number of hydrogen-bond acceptors (Lipinski definition) is 5. The van der Waals surface area contributed by atoms with Crippen LogP contribution in [0.15, 0.2) is 29.7 Å². The van der Waals surface area contributed by atoms with Gasteiger partial charge in [0.15, 0.2) is 5.82 Å². The summed E-state index contributed by atoms with van der Waals surface area (Å²) >= 11 is 6.05. The van der Waals surface area contributed by atoms with E-state index in [1.165, 1.54) is 12.4 Å². The molecule has 0 spiro atoms. The number of halogens is 1. The lowest BCUT2D eigenvalue weighted by molar-refractivity contribution is 0.0371. The van der Waals surface area contributed by atoms with Crippen molar-refractivity contribution in [2.75, 3.05) is 5.73 Å². The molecule has 7 heteroatoms. The van der Waals surface area contributed by atoms with Crippen LogP contribution in [0.1, 0.15) is 6.04 Å². The Morgan fingerprint density at radius 1 is 1.33 bits per heavy atom. The van der Waals surface area contributed by atoms with Gasteiger partial charge in [0.1, 0.15) is 17.7 Å². The van der Waals surface area contributed by atoms with Crippen LogP contribution in [0.25, 0.3) is 11.0 Å². The fourth-order valence-electron chi connectivity index (χ4n) is 2.21. The number of imidazole rings is 1. The zero-order valence-corrected chi connectivity index (χ0v) is 9.99. The molecule has 1 aliphatic carbocycles. The van der Waals surface area contributed by atoms with Crippen molar-refractivity contribution in [3.63, 3.8) is 0 Å². The number of nitrogen functional groups attached to an aromatic ring is 1. The van der Waals surface area contributed by atoms with Crippen molar-refractivity contribution in [1.82, 2.24) is 14.5 Å². The van der Waals surface area contributed by atoms with Crippen LogP contribution in [0.5, 0.6) is 0 Å². The molecule has 6 nitrogen and oxygen atoms in total. The van der Waals surface area contributed by atoms with E-state index in [-0.39, 0.29) is 0 Å². The third-order valence-corrected chi connectivity index (χ3v) is 3.46. The molecule has 94 valence electrons. The molecule has 2 aromatic heterocycles. The van der Waals surface area contributed by atoms with Crippen LogP contribution in [0.2, 0.25) is 0 Å². The minimum absolute atomic E-state index is 0.319. The standard InChI is InChI=1S/C11H11ClN4O2/c12-5-3-7(17)10(18)9(5)16-4-15-8-6(16)1-2-14-11(8)13/h1-4,7,9-10,17-18H,(H2,13,14). The predicted molar refractivity (Wildman–Crippen MR) is 66.9 cm³/mol. The number of anilines is 1. The first-order valence-corrected chi connectivity index (χ1v) is 5.77. The highest BCUT2D eigenvalue weighted by atomic mass is 35.5. The molecule has 2 heterocycles. The molecule has 0 aliphatic heterocycles. The van der Waals surface area contributed by atoms with Gasteiger partial charge in [0.05, 0.1) is 17.9 Å². The first kappa shape index (κ1) is 11.5. The normalized spacial score (nSPS) is 27.7. The van der Waals surface area contributed by atoms with Crippen molar-refractivity contribution in [3.05, 3.63) is 29.7 Å². The van der Waals surface area contributed by atoms with Gasteiger partial charge in [0.2, 0.25) is 0 Å². The number of nitrogens with zero attached hydrogens (tertiary/aromatic N) is 3. The second kappa shape index (κ2) is 3.94. The summed E-state index contributed by atoms with van der Waals surface area (Å²) in [6.45, 7) is 0. The Labute approximate surface area is 107 Å². The summed E-state index contributed by atoms with van der Waals surface area (Å²) in [5, 5.41) is 19.9. The monoisotopic (exact) mass is 266 g/mol. The highest BCUT2D eigenvalue weighted by Crippen LogP contribution is 2.36. The molecule has 3 rings (SSSR count). The summed E-state index contributed by atoms with van der Waals surface area (Å²) < 4.78 is 1.69. The molecule has 0 saturated carbocycles. The second-order valence-electron chi connectivity index (χ2n) is 4.19. The summed E-state index contributed by atoms with van der Waals surface area (Å²) in [7, 11) is 0. The third kappa shape index (κ3) is 1.50. The molecule has 0 fully saturated rings. The van der Waals surface area contributed by atoms with Crippen LogP contribution < -0.4 is 5.73 Å². The number of nitrogens with two attached hydrogens (primary N) is 1. The fourth-order valence-corrected chi connectivity index (χ4v) is 2.57. The Balaban J connectivity index is 2.16. The van der Waals surface area contributed by atoms with E-state index in [4.69, 9.17) is 17.3 Å². The Morgan fingerprint density at radius 3 is 2.78 bits per heavy atom. The lowest BCUT2D eigenvalue weighted by atomic mass is 10.2. The van der Waals surface area contributed by atoms with Gasteiger partial charge in [-0.3, -0.25) is 0 Å². The molecular formula is C11H11ClN4O2. The zero-order valence-electron chi connectivity index (χ0n) is 9.23. The van der Waals surface area contributed by atoms with Gasteiger partial charge in [-0.2, -0.15) is 0 Å². The van der Waals surface area contributed by atoms with Crippen LogP contribution in [0.3, 0.4) is 0 Å². The second-order valence-corrected chi connectivity index (χ2v) is 4.63.